The van der Waals surface area contributed by atoms with Gasteiger partial charge in [-0.25, -0.2) is 28.1 Å². The zero-order valence-corrected chi connectivity index (χ0v) is 22.9. The van der Waals surface area contributed by atoms with Crippen LogP contribution < -0.4 is 10.2 Å². The zero-order chi connectivity index (χ0) is 30.2. The van der Waals surface area contributed by atoms with Gasteiger partial charge in [-0.1, -0.05) is 17.7 Å². The van der Waals surface area contributed by atoms with E-state index in [1.165, 1.54) is 11.1 Å². The molecule has 1 aliphatic rings. The Morgan fingerprint density at radius 3 is 2.60 bits per heavy atom. The number of halogens is 4. The predicted octanol–water partition coefficient (Wildman–Crippen LogP) is 5.28. The molecular formula is C28H19ClF3N9O2. The molecule has 1 unspecified atom stereocenters. The van der Waals surface area contributed by atoms with Crippen LogP contribution in [0.15, 0.2) is 67.6 Å². The topological polar surface area (TPSA) is 132 Å². The molecular weight excluding hydrogens is 587 g/mol. The second kappa shape index (κ2) is 11.2. The van der Waals surface area contributed by atoms with E-state index in [2.05, 4.69) is 35.3 Å². The number of hydrogen-bond acceptors (Lipinski definition) is 8. The largest absolute Gasteiger partial charge is 0.318 e. The highest BCUT2D eigenvalue weighted by molar-refractivity contribution is 6.31. The fourth-order valence-electron chi connectivity index (χ4n) is 4.54. The van der Waals surface area contributed by atoms with Gasteiger partial charge in [0.25, 0.3) is 18.2 Å². The van der Waals surface area contributed by atoms with Crippen LogP contribution in [-0.4, -0.2) is 46.5 Å². The van der Waals surface area contributed by atoms with Gasteiger partial charge in [-0.3, -0.25) is 29.1 Å². The highest BCUT2D eigenvalue weighted by Gasteiger charge is 2.31. The van der Waals surface area contributed by atoms with Gasteiger partial charge in [0.1, 0.15) is 5.69 Å². The SMILES string of the molecule is CC(c1cnc(N2Cc3ncccc3C2=O)nc1)n1cc(NC(=O)c2cncc(-c3c(C(F)F)ccc(Cl)c3F)n2)cn1. The van der Waals surface area contributed by atoms with Crippen molar-refractivity contribution in [2.24, 2.45) is 0 Å². The van der Waals surface area contributed by atoms with Crippen LogP contribution in [0.5, 0.6) is 0 Å². The van der Waals surface area contributed by atoms with Gasteiger partial charge in [-0.15, -0.1) is 0 Å². The van der Waals surface area contributed by atoms with Gasteiger partial charge in [0, 0.05) is 41.5 Å². The van der Waals surface area contributed by atoms with Crippen LogP contribution in [0.25, 0.3) is 11.3 Å². The molecule has 1 atom stereocenters. The van der Waals surface area contributed by atoms with Crippen LogP contribution in [0, 0.1) is 5.82 Å². The lowest BCUT2D eigenvalue weighted by Crippen LogP contribution is -2.25. The van der Waals surface area contributed by atoms with E-state index in [1.807, 2.05) is 6.92 Å². The van der Waals surface area contributed by atoms with E-state index in [1.54, 1.807) is 41.6 Å². The molecule has 5 aromatic rings. The van der Waals surface area contributed by atoms with Crippen LogP contribution in [0.4, 0.5) is 24.8 Å². The summed E-state index contributed by atoms with van der Waals surface area (Å²) < 4.78 is 43.4. The molecule has 5 heterocycles. The van der Waals surface area contributed by atoms with Gasteiger partial charge in [-0.2, -0.15) is 5.10 Å². The van der Waals surface area contributed by atoms with Crippen molar-refractivity contribution in [2.45, 2.75) is 25.9 Å². The maximum absolute atomic E-state index is 14.7. The van der Waals surface area contributed by atoms with Crippen molar-refractivity contribution in [3.8, 4) is 11.3 Å². The summed E-state index contributed by atoms with van der Waals surface area (Å²) in [6, 6.07) is 5.08. The smallest absolute Gasteiger partial charge is 0.275 e. The average Bonchev–Trinajstić information content (AvgIpc) is 3.62. The Hall–Kier alpha value is -5.24. The van der Waals surface area contributed by atoms with E-state index in [-0.39, 0.29) is 40.9 Å². The van der Waals surface area contributed by atoms with E-state index in [4.69, 9.17) is 11.6 Å². The number of hydrogen-bond donors (Lipinski definition) is 1. The number of rotatable bonds is 7. The lowest BCUT2D eigenvalue weighted by molar-refractivity contribution is 0.0992. The Labute approximate surface area is 246 Å². The number of amides is 2. The number of nitrogens with one attached hydrogen (secondary N) is 1. The summed E-state index contributed by atoms with van der Waals surface area (Å²) in [5.41, 5.74) is 0.488. The molecule has 216 valence electrons. The monoisotopic (exact) mass is 605 g/mol. The lowest BCUT2D eigenvalue weighted by atomic mass is 10.0. The van der Waals surface area contributed by atoms with Crippen molar-refractivity contribution in [2.75, 3.05) is 10.2 Å². The third-order valence-corrected chi connectivity index (χ3v) is 7.09. The van der Waals surface area contributed by atoms with Crippen molar-refractivity contribution < 1.29 is 22.8 Å². The standard InChI is InChI=1S/C28H19ClF3N9O2/c1-14(15-7-35-28(36-8-15)40-13-22-17(27(40)43)3-2-6-34-22)41-12-16(9-37-41)38-26(42)21-11-33-10-20(39-21)23-18(25(31)32)4-5-19(29)24(23)30/h2-12,14,25H,13H2,1H3,(H,38,42). The molecule has 2 amide bonds. The fourth-order valence-corrected chi connectivity index (χ4v) is 4.70. The molecule has 6 rings (SSSR count). The number of anilines is 2. The molecule has 0 saturated carbocycles. The van der Waals surface area contributed by atoms with Crippen LogP contribution in [0.2, 0.25) is 5.02 Å². The van der Waals surface area contributed by atoms with Gasteiger partial charge in [-0.05, 0) is 25.1 Å². The van der Waals surface area contributed by atoms with Gasteiger partial charge in [0.2, 0.25) is 5.95 Å². The Morgan fingerprint density at radius 2 is 1.86 bits per heavy atom. The van der Waals surface area contributed by atoms with E-state index in [9.17, 15) is 22.8 Å². The van der Waals surface area contributed by atoms with Crippen molar-refractivity contribution in [3.63, 3.8) is 0 Å². The van der Waals surface area contributed by atoms with Crippen molar-refractivity contribution in [1.29, 1.82) is 0 Å². The van der Waals surface area contributed by atoms with Gasteiger partial charge in [0.05, 0.1) is 58.8 Å². The van der Waals surface area contributed by atoms with Crippen LogP contribution >= 0.6 is 11.6 Å². The number of alkyl halides is 2. The molecule has 11 nitrogen and oxygen atoms in total. The first-order valence-corrected chi connectivity index (χ1v) is 13.1. The summed E-state index contributed by atoms with van der Waals surface area (Å²) in [7, 11) is 0. The number of carbonyl (C=O) groups is 2. The summed E-state index contributed by atoms with van der Waals surface area (Å²) in [6.45, 7) is 2.12. The minimum absolute atomic E-state index is 0.223. The molecule has 15 heteroatoms. The van der Waals surface area contributed by atoms with Gasteiger partial charge >= 0.3 is 0 Å². The molecule has 0 saturated heterocycles. The molecule has 1 N–H and O–H groups in total. The summed E-state index contributed by atoms with van der Waals surface area (Å²) >= 11 is 5.80. The van der Waals surface area contributed by atoms with Crippen LogP contribution in [0.1, 0.15) is 57.1 Å². The Kier molecular flexibility index (Phi) is 7.27. The molecule has 1 aromatic carbocycles. The maximum atomic E-state index is 14.7. The van der Waals surface area contributed by atoms with E-state index in [0.29, 0.717) is 22.5 Å². The second-order valence-corrected chi connectivity index (χ2v) is 9.87. The zero-order valence-electron chi connectivity index (χ0n) is 22.1. The number of benzene rings is 1. The Morgan fingerprint density at radius 1 is 1.07 bits per heavy atom. The highest BCUT2D eigenvalue weighted by atomic mass is 35.5. The fraction of sp³-hybridized carbons (Fsp3) is 0.143. The van der Waals surface area contributed by atoms with E-state index >= 15 is 0 Å². The normalized spacial score (nSPS) is 13.3. The molecule has 0 aliphatic carbocycles. The number of carbonyl (C=O) groups excluding carboxylic acids is 2. The minimum atomic E-state index is -3.01. The second-order valence-electron chi connectivity index (χ2n) is 9.46. The molecule has 0 bridgehead atoms. The van der Waals surface area contributed by atoms with Crippen molar-refractivity contribution in [3.05, 3.63) is 107 Å². The lowest BCUT2D eigenvalue weighted by Gasteiger charge is -2.15. The first kappa shape index (κ1) is 27.9. The summed E-state index contributed by atoms with van der Waals surface area (Å²) in [5.74, 6) is -1.79. The predicted molar refractivity (Wildman–Crippen MR) is 148 cm³/mol. The summed E-state index contributed by atoms with van der Waals surface area (Å²) in [4.78, 5) is 47.9. The van der Waals surface area contributed by atoms with Crippen molar-refractivity contribution in [1.82, 2.24) is 34.7 Å². The minimum Gasteiger partial charge on any atom is -0.318 e. The highest BCUT2D eigenvalue weighted by Crippen LogP contribution is 2.35. The Bertz CT molecular complexity index is 1870. The van der Waals surface area contributed by atoms with E-state index < -0.39 is 29.3 Å². The third-order valence-electron chi connectivity index (χ3n) is 6.80. The maximum Gasteiger partial charge on any atom is 0.275 e. The third kappa shape index (κ3) is 5.28. The molecule has 4 aromatic heterocycles. The van der Waals surface area contributed by atoms with Crippen molar-refractivity contribution >= 4 is 35.1 Å². The summed E-state index contributed by atoms with van der Waals surface area (Å²) in [5, 5.41) is 6.53. The molecule has 0 fully saturated rings. The van der Waals surface area contributed by atoms with Gasteiger partial charge in [0.15, 0.2) is 5.82 Å². The Balaban J connectivity index is 1.16. The summed E-state index contributed by atoms with van der Waals surface area (Å²) in [6.07, 6.45) is 6.94. The van der Waals surface area contributed by atoms with Crippen LogP contribution in [0.3, 0.4) is 0 Å². The number of nitrogens with zero attached hydrogens (tertiary/aromatic N) is 8. The molecule has 0 spiro atoms. The van der Waals surface area contributed by atoms with Crippen LogP contribution in [-0.2, 0) is 6.54 Å². The first-order valence-electron chi connectivity index (χ1n) is 12.7. The van der Waals surface area contributed by atoms with E-state index in [0.717, 1.165) is 24.5 Å². The molecule has 43 heavy (non-hydrogen) atoms. The molecule has 0 radical (unpaired) electrons. The number of pyridine rings is 1. The number of fused-ring (bicyclic) bond motifs is 1. The first-order chi connectivity index (χ1) is 20.7. The average molecular weight is 606 g/mol. The quantitative estimate of drug-likeness (QED) is 0.265. The molecule has 1 aliphatic heterocycles. The van der Waals surface area contributed by atoms with Gasteiger partial charge < -0.3 is 5.32 Å². The number of aromatic nitrogens is 7.